The van der Waals surface area contributed by atoms with Crippen molar-refractivity contribution in [2.24, 2.45) is 5.92 Å². The highest BCUT2D eigenvalue weighted by molar-refractivity contribution is 9.11. The maximum Gasteiger partial charge on any atom is 0.308 e. The lowest BCUT2D eigenvalue weighted by Crippen LogP contribution is -2.23. The van der Waals surface area contributed by atoms with Crippen molar-refractivity contribution < 1.29 is 9.90 Å². The number of hydrogen-bond acceptors (Lipinski definition) is 5. The van der Waals surface area contributed by atoms with Gasteiger partial charge >= 0.3 is 5.97 Å². The van der Waals surface area contributed by atoms with Crippen molar-refractivity contribution in [3.05, 3.63) is 15.2 Å². The zero-order valence-corrected chi connectivity index (χ0v) is 12.1. The second-order valence-corrected chi connectivity index (χ2v) is 6.24. The van der Waals surface area contributed by atoms with E-state index in [2.05, 4.69) is 31.5 Å². The van der Waals surface area contributed by atoms with Crippen LogP contribution in [0.2, 0.25) is 0 Å². The second kappa shape index (κ2) is 5.15. The molecule has 0 saturated carbocycles. The fourth-order valence-corrected chi connectivity index (χ4v) is 2.64. The number of hydrogen-bond donors (Lipinski definition) is 1. The van der Waals surface area contributed by atoms with Crippen molar-refractivity contribution in [3.63, 3.8) is 0 Å². The summed E-state index contributed by atoms with van der Waals surface area (Å²) in [6.07, 6.45) is 0. The Morgan fingerprint density at radius 3 is 2.83 bits per heavy atom. The molecular weight excluding hydrogens is 320 g/mol. The molecule has 2 aromatic heterocycles. The molecule has 0 radical (unpaired) electrons. The van der Waals surface area contributed by atoms with E-state index < -0.39 is 11.9 Å². The number of thiophene rings is 1. The van der Waals surface area contributed by atoms with Crippen molar-refractivity contribution in [2.75, 3.05) is 0 Å². The summed E-state index contributed by atoms with van der Waals surface area (Å²) in [5, 5.41) is 22.4. The lowest BCUT2D eigenvalue weighted by atomic mass is 10.0. The third-order valence-electron chi connectivity index (χ3n) is 2.82. The standard InChI is InChI=1S/C10H11BrN4O2S/c1-5(10(16)17)6(2)15-9(12-13-14-15)7-3-8(11)18-4-7/h3-6H,1-2H3,(H,16,17). The predicted molar refractivity (Wildman–Crippen MR) is 70.3 cm³/mol. The van der Waals surface area contributed by atoms with Gasteiger partial charge in [0.15, 0.2) is 5.82 Å². The first kappa shape index (κ1) is 13.2. The quantitative estimate of drug-likeness (QED) is 0.931. The number of halogens is 1. The van der Waals surface area contributed by atoms with Crippen molar-refractivity contribution in [1.29, 1.82) is 0 Å². The normalized spacial score (nSPS) is 14.4. The van der Waals surface area contributed by atoms with Gasteiger partial charge in [0.1, 0.15) is 0 Å². The summed E-state index contributed by atoms with van der Waals surface area (Å²) in [5.74, 6) is -0.845. The third-order valence-corrected chi connectivity index (χ3v) is 4.32. The summed E-state index contributed by atoms with van der Waals surface area (Å²) in [6, 6.07) is 1.59. The molecule has 1 N–H and O–H groups in total. The van der Waals surface area contributed by atoms with E-state index in [9.17, 15) is 4.79 Å². The summed E-state index contributed by atoms with van der Waals surface area (Å²) < 4.78 is 2.53. The lowest BCUT2D eigenvalue weighted by molar-refractivity contribution is -0.142. The number of carbonyl (C=O) groups is 1. The van der Waals surface area contributed by atoms with Gasteiger partial charge < -0.3 is 5.11 Å². The molecule has 2 rings (SSSR count). The monoisotopic (exact) mass is 330 g/mol. The van der Waals surface area contributed by atoms with Crippen LogP contribution in [0.25, 0.3) is 11.4 Å². The number of rotatable bonds is 4. The largest absolute Gasteiger partial charge is 0.481 e. The summed E-state index contributed by atoms with van der Waals surface area (Å²) in [6.45, 7) is 3.43. The van der Waals surface area contributed by atoms with E-state index in [0.717, 1.165) is 9.35 Å². The van der Waals surface area contributed by atoms with Crippen LogP contribution in [-0.2, 0) is 4.79 Å². The summed E-state index contributed by atoms with van der Waals surface area (Å²) >= 11 is 4.91. The maximum atomic E-state index is 11.0. The molecule has 0 aliphatic carbocycles. The van der Waals surface area contributed by atoms with Crippen LogP contribution in [0.1, 0.15) is 19.9 Å². The third kappa shape index (κ3) is 2.44. The molecule has 2 atom stereocenters. The van der Waals surface area contributed by atoms with Crippen LogP contribution in [0.15, 0.2) is 15.2 Å². The van der Waals surface area contributed by atoms with Gasteiger partial charge in [0.05, 0.1) is 15.7 Å². The Kier molecular flexibility index (Phi) is 3.76. The molecule has 0 aliphatic heterocycles. The first-order chi connectivity index (χ1) is 8.50. The van der Waals surface area contributed by atoms with Crippen molar-refractivity contribution in [3.8, 4) is 11.4 Å². The number of aromatic nitrogens is 4. The van der Waals surface area contributed by atoms with Gasteiger partial charge in [-0.2, -0.15) is 0 Å². The first-order valence-electron chi connectivity index (χ1n) is 5.25. The van der Waals surface area contributed by atoms with Gasteiger partial charge in [-0.15, -0.1) is 16.4 Å². The molecule has 0 aliphatic rings. The maximum absolute atomic E-state index is 11.0. The molecule has 0 bridgehead atoms. The Hall–Kier alpha value is -1.28. The Morgan fingerprint density at radius 2 is 2.28 bits per heavy atom. The molecule has 0 aromatic carbocycles. The Balaban J connectivity index is 2.36. The van der Waals surface area contributed by atoms with Crippen LogP contribution < -0.4 is 0 Å². The molecule has 0 fully saturated rings. The lowest BCUT2D eigenvalue weighted by Gasteiger charge is -2.16. The van der Waals surface area contributed by atoms with Gasteiger partial charge in [-0.3, -0.25) is 4.79 Å². The Labute approximate surface area is 116 Å². The molecule has 6 nitrogen and oxygen atoms in total. The zero-order chi connectivity index (χ0) is 13.3. The van der Waals surface area contributed by atoms with Crippen molar-refractivity contribution in [2.45, 2.75) is 19.9 Å². The number of carboxylic acid groups (broad SMARTS) is 1. The van der Waals surface area contributed by atoms with Crippen LogP contribution in [0.4, 0.5) is 0 Å². The number of carboxylic acids is 1. The number of aliphatic carboxylic acids is 1. The molecular formula is C10H11BrN4O2S. The minimum Gasteiger partial charge on any atom is -0.481 e. The molecule has 2 heterocycles. The average molecular weight is 331 g/mol. The van der Waals surface area contributed by atoms with Gasteiger partial charge in [0.2, 0.25) is 0 Å². The van der Waals surface area contributed by atoms with Gasteiger partial charge in [-0.1, -0.05) is 0 Å². The number of nitrogens with zero attached hydrogens (tertiary/aromatic N) is 4. The van der Waals surface area contributed by atoms with E-state index >= 15 is 0 Å². The average Bonchev–Trinajstić information content (AvgIpc) is 2.94. The fourth-order valence-electron chi connectivity index (χ4n) is 1.50. The molecule has 96 valence electrons. The second-order valence-electron chi connectivity index (χ2n) is 3.95. The molecule has 0 spiro atoms. The van der Waals surface area contributed by atoms with E-state index in [1.54, 1.807) is 18.5 Å². The molecule has 18 heavy (non-hydrogen) atoms. The van der Waals surface area contributed by atoms with E-state index in [4.69, 9.17) is 5.11 Å². The highest BCUT2D eigenvalue weighted by atomic mass is 79.9. The van der Waals surface area contributed by atoms with Crippen LogP contribution >= 0.6 is 27.3 Å². The van der Waals surface area contributed by atoms with Crippen LogP contribution in [0.5, 0.6) is 0 Å². The smallest absolute Gasteiger partial charge is 0.308 e. The number of tetrazole rings is 1. The predicted octanol–water partition coefficient (Wildman–Crippen LogP) is 2.45. The van der Waals surface area contributed by atoms with Crippen molar-refractivity contribution in [1.82, 2.24) is 20.2 Å². The molecule has 0 amide bonds. The van der Waals surface area contributed by atoms with Gasteiger partial charge in [-0.05, 0) is 46.3 Å². The van der Waals surface area contributed by atoms with E-state index in [1.165, 1.54) is 11.3 Å². The first-order valence-corrected chi connectivity index (χ1v) is 6.93. The summed E-state index contributed by atoms with van der Waals surface area (Å²) in [5.41, 5.74) is 0.876. The summed E-state index contributed by atoms with van der Waals surface area (Å²) in [7, 11) is 0. The fraction of sp³-hybridized carbons (Fsp3) is 0.400. The topological polar surface area (TPSA) is 80.9 Å². The molecule has 8 heteroatoms. The molecule has 0 saturated heterocycles. The molecule has 2 aromatic rings. The van der Waals surface area contributed by atoms with E-state index in [1.807, 2.05) is 11.4 Å². The Morgan fingerprint density at radius 1 is 1.56 bits per heavy atom. The van der Waals surface area contributed by atoms with Crippen LogP contribution in [0, 0.1) is 5.92 Å². The SMILES string of the molecule is CC(C(=O)O)C(C)n1nnnc1-c1csc(Br)c1. The van der Waals surface area contributed by atoms with Crippen LogP contribution in [-0.4, -0.2) is 31.3 Å². The minimum atomic E-state index is -0.865. The summed E-state index contributed by atoms with van der Waals surface area (Å²) in [4.78, 5) is 11.0. The minimum absolute atomic E-state index is 0.314. The van der Waals surface area contributed by atoms with Gasteiger partial charge in [0, 0.05) is 10.9 Å². The Bertz CT molecular complexity index is 568. The highest BCUT2D eigenvalue weighted by Gasteiger charge is 2.25. The molecule has 2 unspecified atom stereocenters. The van der Waals surface area contributed by atoms with Gasteiger partial charge in [-0.25, -0.2) is 4.68 Å². The van der Waals surface area contributed by atoms with Crippen LogP contribution in [0.3, 0.4) is 0 Å². The van der Waals surface area contributed by atoms with E-state index in [0.29, 0.717) is 5.82 Å². The highest BCUT2D eigenvalue weighted by Crippen LogP contribution is 2.29. The van der Waals surface area contributed by atoms with Crippen molar-refractivity contribution >= 4 is 33.2 Å². The zero-order valence-electron chi connectivity index (χ0n) is 9.74. The van der Waals surface area contributed by atoms with Gasteiger partial charge in [0.25, 0.3) is 0 Å². The van der Waals surface area contributed by atoms with E-state index in [-0.39, 0.29) is 6.04 Å².